The molecular formula is C10H8ClNO3. The first-order chi connectivity index (χ1) is 7.09. The van der Waals surface area contributed by atoms with Crippen LogP contribution in [0.2, 0.25) is 0 Å². The maximum atomic E-state index is 11.3. The third-order valence-electron chi connectivity index (χ3n) is 1.50. The molecule has 1 amide bonds. The number of carboxylic acid groups (broad SMARTS) is 1. The molecule has 0 aromatic heterocycles. The van der Waals surface area contributed by atoms with Crippen LogP contribution in [0.15, 0.2) is 41.4 Å². The number of halogens is 1. The number of hydrogen-bond donors (Lipinski definition) is 2. The molecule has 0 radical (unpaired) electrons. The number of carbonyl (C=O) groups excluding carboxylic acids is 1. The highest BCUT2D eigenvalue weighted by molar-refractivity contribution is 6.44. The summed E-state index contributed by atoms with van der Waals surface area (Å²) in [5.41, 5.74) is 0.555. The van der Waals surface area contributed by atoms with Gasteiger partial charge in [0.25, 0.3) is 5.91 Å². The van der Waals surface area contributed by atoms with E-state index >= 15 is 0 Å². The Labute approximate surface area is 91.2 Å². The zero-order valence-electron chi connectivity index (χ0n) is 7.61. The highest BCUT2D eigenvalue weighted by atomic mass is 35.5. The second kappa shape index (κ2) is 5.17. The Hall–Kier alpha value is -1.81. The van der Waals surface area contributed by atoms with Gasteiger partial charge in [0.05, 0.1) is 0 Å². The van der Waals surface area contributed by atoms with Crippen molar-refractivity contribution in [2.75, 3.05) is 5.32 Å². The predicted molar refractivity (Wildman–Crippen MR) is 56.6 cm³/mol. The zero-order chi connectivity index (χ0) is 11.3. The number of anilines is 1. The summed E-state index contributed by atoms with van der Waals surface area (Å²) in [7, 11) is 0. The van der Waals surface area contributed by atoms with Crippen molar-refractivity contribution in [2.24, 2.45) is 0 Å². The molecule has 2 N–H and O–H groups in total. The van der Waals surface area contributed by atoms with E-state index in [4.69, 9.17) is 16.7 Å². The van der Waals surface area contributed by atoms with E-state index < -0.39 is 11.9 Å². The van der Waals surface area contributed by atoms with E-state index in [0.717, 1.165) is 0 Å². The van der Waals surface area contributed by atoms with Gasteiger partial charge in [-0.1, -0.05) is 29.8 Å². The van der Waals surface area contributed by atoms with Crippen LogP contribution < -0.4 is 5.32 Å². The summed E-state index contributed by atoms with van der Waals surface area (Å²) < 4.78 is 0. The van der Waals surface area contributed by atoms with Crippen molar-refractivity contribution in [3.8, 4) is 0 Å². The summed E-state index contributed by atoms with van der Waals surface area (Å²) in [6.45, 7) is 0. The van der Waals surface area contributed by atoms with Crippen molar-refractivity contribution < 1.29 is 14.7 Å². The lowest BCUT2D eigenvalue weighted by Gasteiger charge is -2.02. The van der Waals surface area contributed by atoms with Crippen LogP contribution in [0.4, 0.5) is 5.69 Å². The fraction of sp³-hybridized carbons (Fsp3) is 0. The first kappa shape index (κ1) is 11.3. The molecule has 1 rings (SSSR count). The van der Waals surface area contributed by atoms with E-state index in [1.54, 1.807) is 30.3 Å². The molecule has 15 heavy (non-hydrogen) atoms. The lowest BCUT2D eigenvalue weighted by atomic mass is 10.3. The van der Waals surface area contributed by atoms with Gasteiger partial charge < -0.3 is 10.4 Å². The topological polar surface area (TPSA) is 66.4 Å². The first-order valence-corrected chi connectivity index (χ1v) is 4.44. The van der Waals surface area contributed by atoms with Crippen molar-refractivity contribution >= 4 is 29.2 Å². The van der Waals surface area contributed by atoms with Gasteiger partial charge in [0, 0.05) is 11.8 Å². The minimum Gasteiger partial charge on any atom is -0.478 e. The number of para-hydroxylation sites is 1. The normalized spacial score (nSPS) is 10.9. The molecule has 4 nitrogen and oxygen atoms in total. The number of carboxylic acids is 1. The Morgan fingerprint density at radius 3 is 2.40 bits per heavy atom. The second-order valence-corrected chi connectivity index (χ2v) is 3.06. The lowest BCUT2D eigenvalue weighted by molar-refractivity contribution is -0.131. The molecule has 0 saturated carbocycles. The van der Waals surface area contributed by atoms with Crippen molar-refractivity contribution in [3.63, 3.8) is 0 Å². The molecule has 0 aliphatic heterocycles. The standard InChI is InChI=1S/C10H8ClNO3/c11-8(6-9(13)14)10(15)12-7-4-2-1-3-5-7/h1-6H,(H,12,15)(H,13,14). The van der Waals surface area contributed by atoms with Gasteiger partial charge in [0.1, 0.15) is 5.03 Å². The van der Waals surface area contributed by atoms with Crippen LogP contribution in [-0.2, 0) is 9.59 Å². The van der Waals surface area contributed by atoms with Gasteiger partial charge in [-0.3, -0.25) is 4.79 Å². The summed E-state index contributed by atoms with van der Waals surface area (Å²) in [5, 5.41) is 10.4. The van der Waals surface area contributed by atoms with E-state index in [2.05, 4.69) is 5.32 Å². The number of aliphatic carboxylic acids is 1. The molecule has 0 spiro atoms. The van der Waals surface area contributed by atoms with E-state index in [1.165, 1.54) is 0 Å². The third kappa shape index (κ3) is 3.83. The SMILES string of the molecule is O=C(O)C=C(Cl)C(=O)Nc1ccccc1. The van der Waals surface area contributed by atoms with Crippen LogP contribution in [0.1, 0.15) is 0 Å². The number of nitrogens with one attached hydrogen (secondary N) is 1. The second-order valence-electron chi connectivity index (χ2n) is 2.65. The smallest absolute Gasteiger partial charge is 0.330 e. The first-order valence-electron chi connectivity index (χ1n) is 4.06. The van der Waals surface area contributed by atoms with Crippen LogP contribution in [-0.4, -0.2) is 17.0 Å². The van der Waals surface area contributed by atoms with E-state index in [0.29, 0.717) is 11.8 Å². The van der Waals surface area contributed by atoms with Crippen LogP contribution in [0.25, 0.3) is 0 Å². The Morgan fingerprint density at radius 2 is 1.87 bits per heavy atom. The van der Waals surface area contributed by atoms with Gasteiger partial charge >= 0.3 is 5.97 Å². The van der Waals surface area contributed by atoms with Crippen molar-refractivity contribution in [2.45, 2.75) is 0 Å². The fourth-order valence-electron chi connectivity index (χ4n) is 0.886. The van der Waals surface area contributed by atoms with Crippen molar-refractivity contribution in [1.29, 1.82) is 0 Å². The molecule has 0 bridgehead atoms. The highest BCUT2D eigenvalue weighted by Gasteiger charge is 2.08. The Bertz CT molecular complexity index is 400. The number of rotatable bonds is 3. The van der Waals surface area contributed by atoms with Gasteiger partial charge in [-0.2, -0.15) is 0 Å². The van der Waals surface area contributed by atoms with Crippen molar-refractivity contribution in [3.05, 3.63) is 41.4 Å². The van der Waals surface area contributed by atoms with Crippen LogP contribution in [0.5, 0.6) is 0 Å². The van der Waals surface area contributed by atoms with Gasteiger partial charge in [-0.25, -0.2) is 4.79 Å². The minimum absolute atomic E-state index is 0.369. The lowest BCUT2D eigenvalue weighted by Crippen LogP contribution is -2.12. The highest BCUT2D eigenvalue weighted by Crippen LogP contribution is 2.09. The van der Waals surface area contributed by atoms with Gasteiger partial charge in [-0.15, -0.1) is 0 Å². The zero-order valence-corrected chi connectivity index (χ0v) is 8.36. The van der Waals surface area contributed by atoms with Gasteiger partial charge in [0.2, 0.25) is 0 Å². The predicted octanol–water partition coefficient (Wildman–Crippen LogP) is 1.83. The molecular weight excluding hydrogens is 218 g/mol. The molecule has 0 aliphatic rings. The van der Waals surface area contributed by atoms with Crippen LogP contribution in [0.3, 0.4) is 0 Å². The van der Waals surface area contributed by atoms with E-state index in [1.807, 2.05) is 0 Å². The molecule has 0 atom stereocenters. The monoisotopic (exact) mass is 225 g/mol. The fourth-order valence-corrected chi connectivity index (χ4v) is 1.03. The van der Waals surface area contributed by atoms with Crippen LogP contribution in [0, 0.1) is 0 Å². The summed E-state index contributed by atoms with van der Waals surface area (Å²) in [6, 6.07) is 8.62. The molecule has 0 fully saturated rings. The Kier molecular flexibility index (Phi) is 3.88. The summed E-state index contributed by atoms with van der Waals surface area (Å²) in [5.74, 6) is -1.91. The Morgan fingerprint density at radius 1 is 1.27 bits per heavy atom. The number of amides is 1. The third-order valence-corrected chi connectivity index (χ3v) is 1.78. The maximum absolute atomic E-state index is 11.3. The summed E-state index contributed by atoms with van der Waals surface area (Å²) in [4.78, 5) is 21.5. The number of hydrogen-bond acceptors (Lipinski definition) is 2. The van der Waals surface area contributed by atoms with Gasteiger partial charge in [-0.05, 0) is 12.1 Å². The number of benzene rings is 1. The molecule has 78 valence electrons. The van der Waals surface area contributed by atoms with E-state index in [9.17, 15) is 9.59 Å². The van der Waals surface area contributed by atoms with Crippen LogP contribution >= 0.6 is 11.6 Å². The largest absolute Gasteiger partial charge is 0.478 e. The molecule has 0 saturated heterocycles. The molecule has 0 heterocycles. The van der Waals surface area contributed by atoms with Crippen molar-refractivity contribution in [1.82, 2.24) is 0 Å². The minimum atomic E-state index is -1.26. The molecule has 1 aromatic rings. The maximum Gasteiger partial charge on any atom is 0.330 e. The molecule has 0 aliphatic carbocycles. The Balaban J connectivity index is 2.68. The summed E-state index contributed by atoms with van der Waals surface area (Å²) in [6.07, 6.45) is 0.639. The molecule has 1 aromatic carbocycles. The number of carbonyl (C=O) groups is 2. The summed E-state index contributed by atoms with van der Waals surface area (Å²) >= 11 is 5.44. The molecule has 0 unspecified atom stereocenters. The van der Waals surface area contributed by atoms with Gasteiger partial charge in [0.15, 0.2) is 0 Å². The average Bonchev–Trinajstić information content (AvgIpc) is 2.18. The van der Waals surface area contributed by atoms with E-state index in [-0.39, 0.29) is 5.03 Å². The molecule has 5 heteroatoms. The average molecular weight is 226 g/mol. The quantitative estimate of drug-likeness (QED) is 0.772.